The zero-order valence-corrected chi connectivity index (χ0v) is 36.8. The number of nitriles is 1. The highest BCUT2D eigenvalue weighted by molar-refractivity contribution is 6.23. The Labute approximate surface area is 386 Å². The Morgan fingerprint density at radius 2 is 1.57 bits per heavy atom. The van der Waals surface area contributed by atoms with E-state index in [4.69, 9.17) is 4.74 Å². The summed E-state index contributed by atoms with van der Waals surface area (Å²) in [7, 11) is 0. The largest absolute Gasteiger partial charge is 0.490 e. The number of rotatable bonds is 14. The molecule has 3 fully saturated rings. The van der Waals surface area contributed by atoms with E-state index in [1.807, 2.05) is 35.2 Å². The second kappa shape index (κ2) is 19.9. The zero-order chi connectivity index (χ0) is 46.4. The average Bonchev–Trinajstić information content (AvgIpc) is 3.59. The first-order chi connectivity index (χ1) is 32.6. The third-order valence-electron chi connectivity index (χ3n) is 12.8. The molecule has 3 aromatic carbocycles. The third kappa shape index (κ3) is 10.3. The Hall–Kier alpha value is -7.62. The molecule has 2 N–H and O–H groups in total. The number of amides is 5. The number of anilines is 1. The maximum Gasteiger partial charge on any atom is 0.267 e. The van der Waals surface area contributed by atoms with Crippen molar-refractivity contribution in [3.8, 4) is 34.5 Å². The lowest BCUT2D eigenvalue weighted by Crippen LogP contribution is -2.54. The summed E-state index contributed by atoms with van der Waals surface area (Å²) in [5.74, 6) is -0.522. The molecule has 5 aromatic rings. The van der Waals surface area contributed by atoms with Gasteiger partial charge < -0.3 is 15.0 Å². The Kier molecular flexibility index (Phi) is 13.2. The summed E-state index contributed by atoms with van der Waals surface area (Å²) in [5, 5.41) is 19.4. The molecule has 6 heterocycles. The van der Waals surface area contributed by atoms with Gasteiger partial charge in [-0.05, 0) is 86.3 Å². The quantitative estimate of drug-likeness (QED) is 0.153. The predicted octanol–water partition coefficient (Wildman–Crippen LogP) is 3.04. The van der Waals surface area contributed by atoms with Gasteiger partial charge in [-0.15, -0.1) is 0 Å². The Morgan fingerprint density at radius 3 is 2.34 bits per heavy atom. The summed E-state index contributed by atoms with van der Waals surface area (Å²) >= 11 is 0. The van der Waals surface area contributed by atoms with E-state index < -0.39 is 29.7 Å². The first-order valence-electron chi connectivity index (χ1n) is 22.5. The van der Waals surface area contributed by atoms with Crippen LogP contribution in [0.15, 0.2) is 96.1 Å². The maximum atomic E-state index is 13.3. The van der Waals surface area contributed by atoms with Gasteiger partial charge in [-0.1, -0.05) is 30.3 Å². The molecule has 67 heavy (non-hydrogen) atoms. The molecule has 18 nitrogen and oxygen atoms in total. The second-order valence-corrected chi connectivity index (χ2v) is 17.2. The van der Waals surface area contributed by atoms with E-state index in [9.17, 15) is 34.0 Å². The summed E-state index contributed by atoms with van der Waals surface area (Å²) < 4.78 is 7.51. The minimum absolute atomic E-state index is 0.0689. The minimum atomic E-state index is -1.00. The number of likely N-dealkylation sites (tertiary alicyclic amines) is 1. The topological polar surface area (TPSA) is 216 Å². The molecule has 0 bridgehead atoms. The number of piperazine rings is 1. The number of ether oxygens (including phenoxy) is 1. The van der Waals surface area contributed by atoms with Crippen molar-refractivity contribution >= 4 is 35.2 Å². The molecule has 1 atom stereocenters. The molecule has 4 aliphatic heterocycles. The molecular weight excluding hydrogens is 855 g/mol. The van der Waals surface area contributed by atoms with E-state index in [1.54, 1.807) is 54.9 Å². The molecule has 0 spiro atoms. The lowest BCUT2D eigenvalue weighted by molar-refractivity contribution is -0.136. The highest BCUT2D eigenvalue weighted by atomic mass is 16.5. The summed E-state index contributed by atoms with van der Waals surface area (Å²) in [6.07, 6.45) is 5.36. The molecule has 9 rings (SSSR count). The van der Waals surface area contributed by atoms with Crippen LogP contribution in [-0.2, 0) is 20.9 Å². The lowest BCUT2D eigenvalue weighted by Gasteiger charge is -2.37. The summed E-state index contributed by atoms with van der Waals surface area (Å²) in [6, 6.07) is 24.0. The third-order valence-corrected chi connectivity index (χ3v) is 12.8. The number of piperidine rings is 2. The minimum Gasteiger partial charge on any atom is -0.490 e. The van der Waals surface area contributed by atoms with E-state index in [0.717, 1.165) is 67.2 Å². The number of carbonyl (C=O) groups excluding carboxylic acids is 5. The maximum absolute atomic E-state index is 13.3. The summed E-state index contributed by atoms with van der Waals surface area (Å²) in [6.45, 7) is 6.93. The molecule has 342 valence electrons. The fraction of sp³-hybridized carbons (Fsp3) is 0.347. The summed E-state index contributed by atoms with van der Waals surface area (Å²) in [4.78, 5) is 92.7. The van der Waals surface area contributed by atoms with Gasteiger partial charge in [0.05, 0.1) is 60.5 Å². The molecule has 0 saturated carbocycles. The highest BCUT2D eigenvalue weighted by Gasteiger charge is 2.44. The van der Waals surface area contributed by atoms with Gasteiger partial charge in [0.25, 0.3) is 17.4 Å². The smallest absolute Gasteiger partial charge is 0.267 e. The van der Waals surface area contributed by atoms with Crippen LogP contribution in [0, 0.1) is 17.2 Å². The van der Waals surface area contributed by atoms with Crippen LogP contribution in [0.1, 0.15) is 57.5 Å². The van der Waals surface area contributed by atoms with Gasteiger partial charge in [0, 0.05) is 68.6 Å². The standard InChI is InChI=1S/C49H49N11O7/c50-26-33-3-1-5-35(23-33)41-9-12-44(62)59(55-41)29-34-4-2-6-36(24-34)46-52-27-38(28-53-46)67-31-32-13-16-57(17-14-32)30-45(63)58-21-19-56(20-22-58)18-15-51-37-7-8-39-40(25-37)49(66)60(48(39)65)42-10-11-43(61)54-47(42)64/h1-9,12,23-25,27-28,32,42,51H,10-11,13-22,29-31H2,(H,54,61,64). The molecule has 0 aliphatic carbocycles. The van der Waals surface area contributed by atoms with Crippen LogP contribution in [0.4, 0.5) is 5.69 Å². The van der Waals surface area contributed by atoms with Crippen LogP contribution in [0.25, 0.3) is 22.6 Å². The lowest BCUT2D eigenvalue weighted by atomic mass is 9.98. The number of aromatic nitrogens is 4. The number of imide groups is 2. The van der Waals surface area contributed by atoms with Gasteiger partial charge in [-0.2, -0.15) is 10.4 Å². The summed E-state index contributed by atoms with van der Waals surface area (Å²) in [5.41, 5.74) is 4.45. The molecule has 5 amide bonds. The van der Waals surface area contributed by atoms with Gasteiger partial charge >= 0.3 is 0 Å². The van der Waals surface area contributed by atoms with Crippen LogP contribution < -0.4 is 20.9 Å². The van der Waals surface area contributed by atoms with Crippen molar-refractivity contribution in [3.05, 3.63) is 124 Å². The molecule has 3 saturated heterocycles. The van der Waals surface area contributed by atoms with Gasteiger partial charge in [0.2, 0.25) is 17.7 Å². The fourth-order valence-electron chi connectivity index (χ4n) is 8.96. The first-order valence-corrected chi connectivity index (χ1v) is 22.5. The number of nitrogens with zero attached hydrogens (tertiary/aromatic N) is 9. The van der Waals surface area contributed by atoms with E-state index in [-0.39, 0.29) is 42.0 Å². The second-order valence-electron chi connectivity index (χ2n) is 17.2. The molecular formula is C49H49N11O7. The van der Waals surface area contributed by atoms with E-state index in [2.05, 4.69) is 41.6 Å². The molecule has 18 heteroatoms. The van der Waals surface area contributed by atoms with Crippen LogP contribution in [-0.4, -0.2) is 140 Å². The SMILES string of the molecule is N#Cc1cccc(-c2ccc(=O)n(Cc3cccc(-c4ncc(OCC5CCN(CC(=O)N6CCN(CCNc7ccc8c(c7)C(=O)N(C7CCC(=O)NC7=O)C8=O)CC6)CC5)cn4)c3)n2)c1. The number of fused-ring (bicyclic) bond motifs is 1. The van der Waals surface area contributed by atoms with Crippen molar-refractivity contribution in [1.29, 1.82) is 5.26 Å². The number of hydrogen-bond donors (Lipinski definition) is 2. The number of carbonyl (C=O) groups is 5. The van der Waals surface area contributed by atoms with Crippen molar-refractivity contribution in [2.75, 3.05) is 70.8 Å². The van der Waals surface area contributed by atoms with Crippen LogP contribution in [0.2, 0.25) is 0 Å². The monoisotopic (exact) mass is 903 g/mol. The van der Waals surface area contributed by atoms with E-state index in [0.29, 0.717) is 67.2 Å². The van der Waals surface area contributed by atoms with Gasteiger partial charge in [-0.3, -0.25) is 48.8 Å². The zero-order valence-electron chi connectivity index (χ0n) is 36.8. The number of nitrogens with one attached hydrogen (secondary N) is 2. The van der Waals surface area contributed by atoms with Crippen molar-refractivity contribution in [2.45, 2.75) is 38.3 Å². The Bertz CT molecular complexity index is 2810. The van der Waals surface area contributed by atoms with Gasteiger partial charge in [0.1, 0.15) is 6.04 Å². The molecule has 1 unspecified atom stereocenters. The van der Waals surface area contributed by atoms with E-state index in [1.165, 1.54) is 10.7 Å². The van der Waals surface area contributed by atoms with E-state index >= 15 is 0 Å². The molecule has 2 aromatic heterocycles. The van der Waals surface area contributed by atoms with Crippen molar-refractivity contribution < 1.29 is 28.7 Å². The number of benzene rings is 3. The van der Waals surface area contributed by atoms with Crippen LogP contribution in [0.3, 0.4) is 0 Å². The first kappa shape index (κ1) is 44.6. The molecule has 4 aliphatic rings. The fourth-order valence-corrected chi connectivity index (χ4v) is 8.96. The normalized spacial score (nSPS) is 18.1. The van der Waals surface area contributed by atoms with Crippen molar-refractivity contribution in [2.24, 2.45) is 5.92 Å². The Balaban J connectivity index is 0.673. The Morgan fingerprint density at radius 1 is 0.806 bits per heavy atom. The van der Waals surface area contributed by atoms with Crippen molar-refractivity contribution in [3.63, 3.8) is 0 Å². The van der Waals surface area contributed by atoms with Gasteiger partial charge in [0.15, 0.2) is 11.6 Å². The molecule has 0 radical (unpaired) electrons. The average molecular weight is 904 g/mol. The predicted molar refractivity (Wildman–Crippen MR) is 245 cm³/mol. The van der Waals surface area contributed by atoms with Crippen LogP contribution >= 0.6 is 0 Å². The van der Waals surface area contributed by atoms with Gasteiger partial charge in [-0.25, -0.2) is 14.6 Å². The highest BCUT2D eigenvalue weighted by Crippen LogP contribution is 2.30. The van der Waals surface area contributed by atoms with Crippen LogP contribution in [0.5, 0.6) is 5.75 Å². The van der Waals surface area contributed by atoms with Crippen molar-refractivity contribution in [1.82, 2.24) is 44.7 Å². The number of hydrogen-bond acceptors (Lipinski definition) is 14.